The van der Waals surface area contributed by atoms with Crippen LogP contribution in [0.25, 0.3) is 76.9 Å². The van der Waals surface area contributed by atoms with Crippen LogP contribution in [0.5, 0.6) is 0 Å². The fourth-order valence-corrected chi connectivity index (χ4v) is 7.40. The zero-order valence-corrected chi connectivity index (χ0v) is 26.5. The molecule has 0 aliphatic carbocycles. The van der Waals surface area contributed by atoms with Crippen LogP contribution in [0.4, 0.5) is 17.1 Å². The van der Waals surface area contributed by atoms with Gasteiger partial charge in [-0.15, -0.1) is 0 Å². The summed E-state index contributed by atoms with van der Waals surface area (Å²) < 4.78 is 13.4. The van der Waals surface area contributed by atoms with Gasteiger partial charge in [0.05, 0.1) is 11.4 Å². The normalized spacial score (nSPS) is 11.7. The van der Waals surface area contributed by atoms with Crippen LogP contribution in [0, 0.1) is 0 Å². The smallest absolute Gasteiger partial charge is 0.159 e. The first-order valence-electron chi connectivity index (χ1n) is 16.6. The first kappa shape index (κ1) is 27.5. The molecule has 0 unspecified atom stereocenters. The van der Waals surface area contributed by atoms with Gasteiger partial charge in [0, 0.05) is 33.3 Å². The van der Waals surface area contributed by atoms with E-state index in [0.29, 0.717) is 0 Å². The van der Waals surface area contributed by atoms with Crippen molar-refractivity contribution in [2.75, 3.05) is 4.90 Å². The summed E-state index contributed by atoms with van der Waals surface area (Å²) in [4.78, 5) is 2.30. The zero-order valence-electron chi connectivity index (χ0n) is 26.5. The highest BCUT2D eigenvalue weighted by Gasteiger charge is 2.23. The molecule has 2 heterocycles. The number of fused-ring (bicyclic) bond motifs is 8. The van der Waals surface area contributed by atoms with Crippen LogP contribution in [0.2, 0.25) is 0 Å². The van der Waals surface area contributed by atoms with Crippen LogP contribution in [0.15, 0.2) is 185 Å². The third-order valence-corrected chi connectivity index (χ3v) is 9.65. The number of furan rings is 2. The second-order valence-electron chi connectivity index (χ2n) is 12.5. The van der Waals surface area contributed by atoms with Crippen molar-refractivity contribution in [1.29, 1.82) is 0 Å². The minimum absolute atomic E-state index is 0.838. The summed E-state index contributed by atoms with van der Waals surface area (Å²) in [6.45, 7) is 0. The largest absolute Gasteiger partial charge is 0.456 e. The molecule has 10 aromatic rings. The van der Waals surface area contributed by atoms with Crippen molar-refractivity contribution in [2.45, 2.75) is 0 Å². The molecule has 0 spiro atoms. The average Bonchev–Trinajstić information content (AvgIpc) is 3.75. The highest BCUT2D eigenvalue weighted by molar-refractivity contribution is 6.23. The molecule has 0 amide bonds. The van der Waals surface area contributed by atoms with Crippen molar-refractivity contribution in [2.24, 2.45) is 0 Å². The van der Waals surface area contributed by atoms with E-state index >= 15 is 0 Å². The summed E-state index contributed by atoms with van der Waals surface area (Å²) >= 11 is 0. The Hall–Kier alpha value is -6.58. The van der Waals surface area contributed by atoms with Gasteiger partial charge in [0.25, 0.3) is 0 Å². The molecular weight excluding hydrogens is 599 g/mol. The Bertz CT molecular complexity index is 2810. The Morgan fingerprint density at radius 2 is 1.04 bits per heavy atom. The average molecular weight is 628 g/mol. The van der Waals surface area contributed by atoms with Crippen LogP contribution < -0.4 is 4.90 Å². The SMILES string of the molecule is c1ccc(-c2ccc(N(c3cc(-c4ccccc4)c4c(c3)oc3ccc5ccccc5c34)c3cccc4c3oc3ccccc34)cc2)cc1. The Morgan fingerprint density at radius 1 is 0.367 bits per heavy atom. The van der Waals surface area contributed by atoms with Crippen LogP contribution in [-0.2, 0) is 0 Å². The third kappa shape index (κ3) is 4.44. The van der Waals surface area contributed by atoms with E-state index in [4.69, 9.17) is 8.83 Å². The van der Waals surface area contributed by atoms with Crippen LogP contribution in [-0.4, -0.2) is 0 Å². The molecular formula is C46H29NO2. The summed E-state index contributed by atoms with van der Waals surface area (Å²) in [6.07, 6.45) is 0. The number of nitrogens with zero attached hydrogens (tertiary/aromatic N) is 1. The molecule has 0 aliphatic heterocycles. The van der Waals surface area contributed by atoms with Gasteiger partial charge in [-0.25, -0.2) is 0 Å². The summed E-state index contributed by atoms with van der Waals surface area (Å²) in [6, 6.07) is 61.9. The quantitative estimate of drug-likeness (QED) is 0.190. The van der Waals surface area contributed by atoms with E-state index in [1.165, 1.54) is 16.3 Å². The molecule has 0 aliphatic rings. The lowest BCUT2D eigenvalue weighted by Gasteiger charge is -2.26. The minimum Gasteiger partial charge on any atom is -0.456 e. The van der Waals surface area contributed by atoms with E-state index < -0.39 is 0 Å². The molecule has 10 rings (SSSR count). The summed E-state index contributed by atoms with van der Waals surface area (Å²) in [5.74, 6) is 0. The van der Waals surface area contributed by atoms with Gasteiger partial charge in [0.15, 0.2) is 5.58 Å². The van der Waals surface area contributed by atoms with Crippen molar-refractivity contribution in [3.8, 4) is 22.3 Å². The molecule has 2 aromatic heterocycles. The fraction of sp³-hybridized carbons (Fsp3) is 0. The number of hydrogen-bond acceptors (Lipinski definition) is 3. The van der Waals surface area contributed by atoms with Gasteiger partial charge in [-0.1, -0.05) is 133 Å². The van der Waals surface area contributed by atoms with Gasteiger partial charge in [0.1, 0.15) is 16.7 Å². The Labute approximate surface area is 282 Å². The number of hydrogen-bond donors (Lipinski definition) is 0. The Kier molecular flexibility index (Phi) is 6.18. The summed E-state index contributed by atoms with van der Waals surface area (Å²) in [5.41, 5.74) is 11.0. The predicted molar refractivity (Wildman–Crippen MR) is 204 cm³/mol. The van der Waals surface area contributed by atoms with E-state index in [9.17, 15) is 0 Å². The minimum atomic E-state index is 0.838. The van der Waals surface area contributed by atoms with Crippen molar-refractivity contribution < 1.29 is 8.83 Å². The van der Waals surface area contributed by atoms with Crippen LogP contribution in [0.1, 0.15) is 0 Å². The van der Waals surface area contributed by atoms with Crippen molar-refractivity contribution in [3.63, 3.8) is 0 Å². The lowest BCUT2D eigenvalue weighted by Crippen LogP contribution is -2.10. The molecule has 0 radical (unpaired) electrons. The molecule has 49 heavy (non-hydrogen) atoms. The second-order valence-corrected chi connectivity index (χ2v) is 12.5. The van der Waals surface area contributed by atoms with Gasteiger partial charge in [-0.2, -0.15) is 0 Å². The molecule has 3 nitrogen and oxygen atoms in total. The molecule has 0 bridgehead atoms. The lowest BCUT2D eigenvalue weighted by molar-refractivity contribution is 0.667. The highest BCUT2D eigenvalue weighted by atomic mass is 16.3. The zero-order chi connectivity index (χ0) is 32.3. The molecule has 0 fully saturated rings. The topological polar surface area (TPSA) is 29.5 Å². The van der Waals surface area contributed by atoms with E-state index in [0.717, 1.165) is 77.6 Å². The maximum atomic E-state index is 6.75. The van der Waals surface area contributed by atoms with E-state index in [2.05, 4.69) is 169 Å². The van der Waals surface area contributed by atoms with E-state index in [-0.39, 0.29) is 0 Å². The second kappa shape index (κ2) is 11.0. The van der Waals surface area contributed by atoms with Gasteiger partial charge in [-0.3, -0.25) is 0 Å². The van der Waals surface area contributed by atoms with E-state index in [1.54, 1.807) is 0 Å². The van der Waals surface area contributed by atoms with Crippen LogP contribution in [0.3, 0.4) is 0 Å². The van der Waals surface area contributed by atoms with Crippen molar-refractivity contribution in [1.82, 2.24) is 0 Å². The fourth-order valence-electron chi connectivity index (χ4n) is 7.40. The molecule has 3 heteroatoms. The number of anilines is 3. The maximum absolute atomic E-state index is 6.75. The number of benzene rings is 8. The maximum Gasteiger partial charge on any atom is 0.159 e. The summed E-state index contributed by atoms with van der Waals surface area (Å²) in [7, 11) is 0. The molecule has 0 saturated heterocycles. The first-order valence-corrected chi connectivity index (χ1v) is 16.6. The Balaban J connectivity index is 1.28. The van der Waals surface area contributed by atoms with Crippen molar-refractivity contribution >= 4 is 71.7 Å². The molecule has 0 atom stereocenters. The third-order valence-electron chi connectivity index (χ3n) is 9.65. The van der Waals surface area contributed by atoms with E-state index in [1.807, 2.05) is 12.1 Å². The molecule has 230 valence electrons. The van der Waals surface area contributed by atoms with Gasteiger partial charge in [-0.05, 0) is 69.4 Å². The molecule has 0 saturated carbocycles. The molecule has 8 aromatic carbocycles. The Morgan fingerprint density at radius 3 is 1.86 bits per heavy atom. The lowest BCUT2D eigenvalue weighted by atomic mass is 9.95. The predicted octanol–water partition coefficient (Wildman–Crippen LogP) is 13.4. The standard InChI is InChI=1S/C46H29NO2/c1-3-12-30(13-4-1)31-22-25-34(26-23-31)47(40-20-11-19-38-37-18-9-10-21-41(37)49-46(38)40)35-28-39(32-14-5-2-6-15-32)45-43(29-35)48-42-27-24-33-16-7-8-17-36(33)44(42)45/h1-29H. The summed E-state index contributed by atoms with van der Waals surface area (Å²) in [5, 5.41) is 6.81. The number of para-hydroxylation sites is 2. The van der Waals surface area contributed by atoms with Gasteiger partial charge >= 0.3 is 0 Å². The first-order chi connectivity index (χ1) is 24.3. The van der Waals surface area contributed by atoms with Gasteiger partial charge < -0.3 is 13.7 Å². The van der Waals surface area contributed by atoms with Crippen LogP contribution >= 0.6 is 0 Å². The van der Waals surface area contributed by atoms with Crippen molar-refractivity contribution in [3.05, 3.63) is 176 Å². The monoisotopic (exact) mass is 627 g/mol. The molecule has 0 N–H and O–H groups in total. The van der Waals surface area contributed by atoms with Gasteiger partial charge in [0.2, 0.25) is 0 Å². The highest BCUT2D eigenvalue weighted by Crippen LogP contribution is 2.47. The number of rotatable bonds is 5.